The summed E-state index contributed by atoms with van der Waals surface area (Å²) in [5.41, 5.74) is -0.310. The van der Waals surface area contributed by atoms with E-state index in [2.05, 4.69) is 10.3 Å². The molecule has 1 aromatic heterocycles. The van der Waals surface area contributed by atoms with Crippen LogP contribution < -0.4 is 5.32 Å². The molecule has 2 nitrogen and oxygen atoms in total. The van der Waals surface area contributed by atoms with Crippen LogP contribution in [0.3, 0.4) is 0 Å². The van der Waals surface area contributed by atoms with Crippen LogP contribution in [-0.4, -0.2) is 12.0 Å². The molecule has 1 aliphatic rings. The molecular weight excluding hydrogens is 241 g/mol. The van der Waals surface area contributed by atoms with E-state index in [1.54, 1.807) is 7.05 Å². The lowest BCUT2D eigenvalue weighted by Gasteiger charge is -2.30. The number of alkyl halides is 3. The molecule has 100 valence electrons. The van der Waals surface area contributed by atoms with E-state index >= 15 is 0 Å². The van der Waals surface area contributed by atoms with Crippen molar-refractivity contribution in [2.75, 3.05) is 7.05 Å². The van der Waals surface area contributed by atoms with E-state index in [1.807, 2.05) is 0 Å². The molecule has 0 aromatic carbocycles. The van der Waals surface area contributed by atoms with Gasteiger partial charge in [0.1, 0.15) is 0 Å². The van der Waals surface area contributed by atoms with Crippen LogP contribution in [0.25, 0.3) is 0 Å². The van der Waals surface area contributed by atoms with Crippen LogP contribution in [0.5, 0.6) is 0 Å². The Hall–Kier alpha value is -1.10. The van der Waals surface area contributed by atoms with Crippen LogP contribution in [-0.2, 0) is 6.18 Å². The number of nitrogens with zero attached hydrogens (tertiary/aromatic N) is 1. The topological polar surface area (TPSA) is 24.9 Å². The summed E-state index contributed by atoms with van der Waals surface area (Å²) in [7, 11) is 1.70. The smallest absolute Gasteiger partial charge is 0.313 e. The maximum absolute atomic E-state index is 12.9. The van der Waals surface area contributed by atoms with Crippen molar-refractivity contribution in [1.29, 1.82) is 0 Å². The number of rotatable bonds is 4. The summed E-state index contributed by atoms with van der Waals surface area (Å²) in [6.07, 6.45) is 2.42. The number of aromatic nitrogens is 1. The van der Waals surface area contributed by atoms with Crippen molar-refractivity contribution < 1.29 is 13.2 Å². The fourth-order valence-electron chi connectivity index (χ4n) is 2.40. The average molecular weight is 258 g/mol. The van der Waals surface area contributed by atoms with Gasteiger partial charge in [-0.2, -0.15) is 13.2 Å². The van der Waals surface area contributed by atoms with Crippen LogP contribution in [0.1, 0.15) is 42.9 Å². The lowest BCUT2D eigenvalue weighted by atomic mass is 9.79. The summed E-state index contributed by atoms with van der Waals surface area (Å²) in [6, 6.07) is 0.793. The molecule has 0 radical (unpaired) electrons. The van der Waals surface area contributed by atoms with Gasteiger partial charge in [-0.1, -0.05) is 19.3 Å². The number of nitrogens with one attached hydrogen (secondary N) is 1. The molecule has 1 unspecified atom stereocenters. The van der Waals surface area contributed by atoms with Gasteiger partial charge in [0.05, 0.1) is 5.56 Å². The Morgan fingerprint density at radius 1 is 1.44 bits per heavy atom. The zero-order valence-corrected chi connectivity index (χ0v) is 10.3. The fraction of sp³-hybridized carbons (Fsp3) is 0.615. The van der Waals surface area contributed by atoms with Crippen LogP contribution in [0.4, 0.5) is 13.2 Å². The highest BCUT2D eigenvalue weighted by Gasteiger charge is 2.35. The molecule has 5 heteroatoms. The van der Waals surface area contributed by atoms with Gasteiger partial charge in [0.25, 0.3) is 0 Å². The summed E-state index contributed by atoms with van der Waals surface area (Å²) in [5.74, 6) is 0.545. The molecule has 1 N–H and O–H groups in total. The van der Waals surface area contributed by atoms with Crippen molar-refractivity contribution in [3.8, 4) is 0 Å². The molecule has 1 fully saturated rings. The number of halogens is 3. The Bertz CT molecular complexity index is 399. The highest BCUT2D eigenvalue weighted by Crippen LogP contribution is 2.39. The summed E-state index contributed by atoms with van der Waals surface area (Å²) in [5, 5.41) is 2.99. The van der Waals surface area contributed by atoms with Crippen molar-refractivity contribution >= 4 is 0 Å². The second kappa shape index (κ2) is 5.26. The molecule has 0 saturated heterocycles. The molecule has 1 aromatic rings. The molecule has 0 amide bonds. The van der Waals surface area contributed by atoms with E-state index in [4.69, 9.17) is 0 Å². The van der Waals surface area contributed by atoms with Crippen molar-refractivity contribution in [3.63, 3.8) is 0 Å². The molecule has 2 rings (SSSR count). The van der Waals surface area contributed by atoms with Gasteiger partial charge in [0.15, 0.2) is 0 Å². The van der Waals surface area contributed by atoms with Crippen molar-refractivity contribution in [3.05, 3.63) is 29.6 Å². The third-order valence-corrected chi connectivity index (χ3v) is 3.67. The molecule has 1 saturated carbocycles. The largest absolute Gasteiger partial charge is 0.416 e. The monoisotopic (exact) mass is 258 g/mol. The third kappa shape index (κ3) is 2.83. The molecular formula is C13H17F3N2. The highest BCUT2D eigenvalue weighted by molar-refractivity contribution is 5.29. The van der Waals surface area contributed by atoms with Gasteiger partial charge in [-0.25, -0.2) is 0 Å². The van der Waals surface area contributed by atoms with Crippen molar-refractivity contribution in [1.82, 2.24) is 10.3 Å². The van der Waals surface area contributed by atoms with Crippen LogP contribution in [0.2, 0.25) is 0 Å². The Morgan fingerprint density at radius 2 is 2.17 bits per heavy atom. The number of hydrogen-bond donors (Lipinski definition) is 1. The Morgan fingerprint density at radius 3 is 2.67 bits per heavy atom. The first kappa shape index (κ1) is 13.3. The molecule has 18 heavy (non-hydrogen) atoms. The van der Waals surface area contributed by atoms with E-state index in [9.17, 15) is 13.2 Å². The highest BCUT2D eigenvalue weighted by atomic mass is 19.4. The molecule has 0 spiro atoms. The number of hydrogen-bond acceptors (Lipinski definition) is 2. The summed E-state index contributed by atoms with van der Waals surface area (Å²) >= 11 is 0. The molecule has 1 heterocycles. The second-order valence-electron chi connectivity index (χ2n) is 4.83. The predicted octanol–water partition coefficient (Wildman–Crippen LogP) is 3.55. The summed E-state index contributed by atoms with van der Waals surface area (Å²) in [6.45, 7) is 0. The van der Waals surface area contributed by atoms with E-state index in [-0.39, 0.29) is 11.6 Å². The minimum Gasteiger partial charge on any atom is -0.313 e. The van der Waals surface area contributed by atoms with Crippen LogP contribution >= 0.6 is 0 Å². The minimum atomic E-state index is -4.31. The fourth-order valence-corrected chi connectivity index (χ4v) is 2.40. The molecule has 0 aliphatic heterocycles. The first-order valence-corrected chi connectivity index (χ1v) is 6.20. The molecule has 1 atom stereocenters. The van der Waals surface area contributed by atoms with Crippen LogP contribution in [0.15, 0.2) is 18.5 Å². The lowest BCUT2D eigenvalue weighted by molar-refractivity contribution is -0.138. The number of pyridine rings is 1. The lowest BCUT2D eigenvalue weighted by Crippen LogP contribution is -2.25. The average Bonchev–Trinajstić information content (AvgIpc) is 2.27. The summed E-state index contributed by atoms with van der Waals surface area (Å²) < 4.78 is 38.8. The Labute approximate surface area is 105 Å². The normalized spacial score (nSPS) is 18.4. The van der Waals surface area contributed by atoms with Crippen molar-refractivity contribution in [2.45, 2.75) is 37.9 Å². The van der Waals surface area contributed by atoms with Gasteiger partial charge in [-0.3, -0.25) is 4.98 Å². The van der Waals surface area contributed by atoms with Gasteiger partial charge >= 0.3 is 6.18 Å². The maximum atomic E-state index is 12.9. The molecule has 0 bridgehead atoms. The SMILES string of the molecule is CNC(CC1CCC1)c1cnccc1C(F)(F)F. The third-order valence-electron chi connectivity index (χ3n) is 3.67. The van der Waals surface area contributed by atoms with Gasteiger partial charge in [-0.15, -0.1) is 0 Å². The van der Waals surface area contributed by atoms with E-state index < -0.39 is 11.7 Å². The summed E-state index contributed by atoms with van der Waals surface area (Å²) in [4.78, 5) is 3.84. The zero-order chi connectivity index (χ0) is 13.2. The Kier molecular flexibility index (Phi) is 3.90. The second-order valence-corrected chi connectivity index (χ2v) is 4.83. The Balaban J connectivity index is 2.23. The predicted molar refractivity (Wildman–Crippen MR) is 63.0 cm³/mol. The van der Waals surface area contributed by atoms with Gasteiger partial charge in [-0.05, 0) is 31.0 Å². The first-order chi connectivity index (χ1) is 8.52. The van der Waals surface area contributed by atoms with E-state index in [0.717, 1.165) is 25.3 Å². The molecule has 1 aliphatic carbocycles. The quantitative estimate of drug-likeness (QED) is 0.893. The minimum absolute atomic E-state index is 0.263. The first-order valence-electron chi connectivity index (χ1n) is 6.20. The van der Waals surface area contributed by atoms with Crippen molar-refractivity contribution in [2.24, 2.45) is 5.92 Å². The van der Waals surface area contributed by atoms with Gasteiger partial charge in [0, 0.05) is 18.4 Å². The van der Waals surface area contributed by atoms with E-state index in [1.165, 1.54) is 18.8 Å². The van der Waals surface area contributed by atoms with Crippen LogP contribution in [0, 0.1) is 5.92 Å². The van der Waals surface area contributed by atoms with Gasteiger partial charge in [0.2, 0.25) is 0 Å². The zero-order valence-electron chi connectivity index (χ0n) is 10.3. The standard InChI is InChI=1S/C13H17F3N2/c1-17-12(7-9-3-2-4-9)10-8-18-6-5-11(10)13(14,15)16/h5-6,8-9,12,17H,2-4,7H2,1H3. The maximum Gasteiger partial charge on any atom is 0.416 e. The van der Waals surface area contributed by atoms with Gasteiger partial charge < -0.3 is 5.32 Å². The van der Waals surface area contributed by atoms with E-state index in [0.29, 0.717) is 5.92 Å².